The second kappa shape index (κ2) is 9.33. The second-order valence-corrected chi connectivity index (χ2v) is 9.02. The number of aromatic nitrogens is 2. The first-order chi connectivity index (χ1) is 16.2. The van der Waals surface area contributed by atoms with Gasteiger partial charge >= 0.3 is 0 Å². The Balaban J connectivity index is 1.77. The number of amides is 1. The number of benzene rings is 2. The van der Waals surface area contributed by atoms with Gasteiger partial charge in [-0.05, 0) is 37.5 Å². The Morgan fingerprint density at radius 1 is 1.24 bits per heavy atom. The lowest BCUT2D eigenvalue weighted by molar-refractivity contribution is -0.111. The molecule has 0 bridgehead atoms. The predicted molar refractivity (Wildman–Crippen MR) is 133 cm³/mol. The largest absolute Gasteiger partial charge is 0.495 e. The normalized spacial score (nSPS) is 17.1. The van der Waals surface area contributed by atoms with Gasteiger partial charge in [-0.15, -0.1) is 0 Å². The molecule has 1 aliphatic rings. The number of hydrogen-bond acceptors (Lipinski definition) is 5. The van der Waals surface area contributed by atoms with Crippen LogP contribution in [0, 0.1) is 6.92 Å². The smallest absolute Gasteiger partial charge is 0.247 e. The van der Waals surface area contributed by atoms with Crippen LogP contribution in [0.25, 0.3) is 11.3 Å². The number of aryl methyl sites for hydroxylation is 1. The van der Waals surface area contributed by atoms with Crippen molar-refractivity contribution in [3.63, 3.8) is 0 Å². The third-order valence-electron chi connectivity index (χ3n) is 6.12. The molecule has 1 aromatic heterocycles. The highest BCUT2D eigenvalue weighted by atomic mass is 35.5. The Morgan fingerprint density at radius 2 is 1.91 bits per heavy atom. The Hall–Kier alpha value is -3.00. The molecule has 0 unspecified atom stereocenters. The number of carbonyl (C=O) groups is 1. The van der Waals surface area contributed by atoms with E-state index in [9.17, 15) is 9.90 Å². The van der Waals surface area contributed by atoms with Crippen molar-refractivity contribution < 1.29 is 19.4 Å². The highest BCUT2D eigenvalue weighted by Crippen LogP contribution is 2.50. The minimum Gasteiger partial charge on any atom is -0.495 e. The summed E-state index contributed by atoms with van der Waals surface area (Å²) in [6.45, 7) is 5.47. The molecule has 1 atom stereocenters. The lowest BCUT2D eigenvalue weighted by Gasteiger charge is -2.34. The standard InChI is InChI=1S/C25H25Cl2N3O4/c1-5-20(31)28-16-10-13(2)6-7-14(16)24-15-8-9-25(32,12-17(15)29-30-24)21-22(26)18(33-3)11-19(34-4)23(21)27/h5-7,10-11,32H,1,8-9,12H2,2-4H3,(H,28,31)(H,29,30)/t25-/m0/s1. The van der Waals surface area contributed by atoms with E-state index in [1.54, 1.807) is 6.07 Å². The molecular formula is C25H25Cl2N3O4. The number of aliphatic hydroxyl groups is 1. The van der Waals surface area contributed by atoms with Crippen LogP contribution in [0.5, 0.6) is 11.5 Å². The van der Waals surface area contributed by atoms with Gasteiger partial charge < -0.3 is 19.9 Å². The minimum atomic E-state index is -1.36. The molecule has 34 heavy (non-hydrogen) atoms. The van der Waals surface area contributed by atoms with Crippen LogP contribution in [0.4, 0.5) is 5.69 Å². The monoisotopic (exact) mass is 501 g/mol. The molecule has 0 radical (unpaired) electrons. The number of rotatable bonds is 6. The summed E-state index contributed by atoms with van der Waals surface area (Å²) in [4.78, 5) is 12.0. The van der Waals surface area contributed by atoms with Gasteiger partial charge in [-0.1, -0.05) is 41.9 Å². The fraction of sp³-hybridized carbons (Fsp3) is 0.280. The van der Waals surface area contributed by atoms with Crippen molar-refractivity contribution >= 4 is 34.8 Å². The number of aromatic amines is 1. The van der Waals surface area contributed by atoms with E-state index in [4.69, 9.17) is 32.7 Å². The van der Waals surface area contributed by atoms with Gasteiger partial charge in [-0.2, -0.15) is 5.10 Å². The van der Waals surface area contributed by atoms with Crippen LogP contribution in [-0.2, 0) is 23.2 Å². The molecular weight excluding hydrogens is 477 g/mol. The highest BCUT2D eigenvalue weighted by molar-refractivity contribution is 6.38. The number of carbonyl (C=O) groups excluding carboxylic acids is 1. The Morgan fingerprint density at radius 3 is 2.53 bits per heavy atom. The molecule has 7 nitrogen and oxygen atoms in total. The summed E-state index contributed by atoms with van der Waals surface area (Å²) in [5.74, 6) is 0.427. The summed E-state index contributed by atoms with van der Waals surface area (Å²) in [5, 5.41) is 22.7. The summed E-state index contributed by atoms with van der Waals surface area (Å²) >= 11 is 13.2. The Labute approximate surface area is 207 Å². The van der Waals surface area contributed by atoms with E-state index in [1.807, 2.05) is 25.1 Å². The van der Waals surface area contributed by atoms with Crippen LogP contribution in [0.3, 0.4) is 0 Å². The van der Waals surface area contributed by atoms with E-state index in [1.165, 1.54) is 20.3 Å². The summed E-state index contributed by atoms with van der Waals surface area (Å²) < 4.78 is 10.7. The Kier molecular flexibility index (Phi) is 6.62. The number of H-pyrrole nitrogens is 1. The molecule has 4 rings (SSSR count). The van der Waals surface area contributed by atoms with Gasteiger partial charge in [-0.25, -0.2) is 0 Å². The third kappa shape index (κ3) is 4.15. The molecule has 1 aliphatic carbocycles. The zero-order chi connectivity index (χ0) is 24.6. The second-order valence-electron chi connectivity index (χ2n) is 8.26. The number of halogens is 2. The molecule has 0 saturated heterocycles. The zero-order valence-corrected chi connectivity index (χ0v) is 20.6. The summed E-state index contributed by atoms with van der Waals surface area (Å²) in [7, 11) is 2.99. The Bertz CT molecular complexity index is 1260. The molecule has 0 saturated carbocycles. The van der Waals surface area contributed by atoms with Crippen LogP contribution in [0.2, 0.25) is 10.0 Å². The number of hydrogen-bond donors (Lipinski definition) is 3. The number of fused-ring (bicyclic) bond motifs is 1. The number of methoxy groups -OCH3 is 2. The maximum atomic E-state index is 12.0. The minimum absolute atomic E-state index is 0.214. The first kappa shape index (κ1) is 24.1. The van der Waals surface area contributed by atoms with Crippen LogP contribution in [0.1, 0.15) is 28.8 Å². The summed E-state index contributed by atoms with van der Waals surface area (Å²) in [6.07, 6.45) is 2.29. The molecule has 0 aliphatic heterocycles. The summed E-state index contributed by atoms with van der Waals surface area (Å²) in [6, 6.07) is 7.36. The molecule has 1 amide bonds. The van der Waals surface area contributed by atoms with Gasteiger partial charge in [0.05, 0.1) is 41.2 Å². The molecule has 0 fully saturated rings. The van der Waals surface area contributed by atoms with Crippen molar-refractivity contribution in [2.24, 2.45) is 0 Å². The number of ether oxygens (including phenoxy) is 2. The lowest BCUT2D eigenvalue weighted by atomic mass is 9.77. The van der Waals surface area contributed by atoms with E-state index < -0.39 is 5.60 Å². The van der Waals surface area contributed by atoms with E-state index >= 15 is 0 Å². The molecule has 3 N–H and O–H groups in total. The fourth-order valence-corrected chi connectivity index (χ4v) is 5.26. The zero-order valence-electron chi connectivity index (χ0n) is 19.1. The molecule has 3 aromatic rings. The van der Waals surface area contributed by atoms with Crippen molar-refractivity contribution in [1.82, 2.24) is 10.2 Å². The number of nitrogens with one attached hydrogen (secondary N) is 2. The van der Waals surface area contributed by atoms with Gasteiger partial charge in [0.25, 0.3) is 0 Å². The van der Waals surface area contributed by atoms with Crippen LogP contribution >= 0.6 is 23.2 Å². The van der Waals surface area contributed by atoms with Crippen molar-refractivity contribution in [2.45, 2.75) is 31.8 Å². The van der Waals surface area contributed by atoms with Gasteiger partial charge in [-0.3, -0.25) is 9.89 Å². The maximum Gasteiger partial charge on any atom is 0.247 e. The number of anilines is 1. The quantitative estimate of drug-likeness (QED) is 0.402. The molecule has 9 heteroatoms. The van der Waals surface area contributed by atoms with Gasteiger partial charge in [0.15, 0.2) is 0 Å². The van der Waals surface area contributed by atoms with Crippen molar-refractivity contribution in [3.05, 3.63) is 69.3 Å². The topological polar surface area (TPSA) is 96.5 Å². The van der Waals surface area contributed by atoms with Gasteiger partial charge in [0.1, 0.15) is 11.5 Å². The molecule has 1 heterocycles. The average Bonchev–Trinajstić information content (AvgIpc) is 3.21. The van der Waals surface area contributed by atoms with Crippen LogP contribution in [-0.4, -0.2) is 35.4 Å². The van der Waals surface area contributed by atoms with Gasteiger partial charge in [0, 0.05) is 34.9 Å². The van der Waals surface area contributed by atoms with E-state index in [2.05, 4.69) is 22.1 Å². The maximum absolute atomic E-state index is 12.0. The molecule has 0 spiro atoms. The molecule has 178 valence electrons. The first-order valence-corrected chi connectivity index (χ1v) is 11.4. The van der Waals surface area contributed by atoms with Crippen molar-refractivity contribution in [3.8, 4) is 22.8 Å². The van der Waals surface area contributed by atoms with Crippen LogP contribution in [0.15, 0.2) is 36.9 Å². The van der Waals surface area contributed by atoms with E-state index in [-0.39, 0.29) is 22.4 Å². The fourth-order valence-electron chi connectivity index (χ4n) is 4.41. The van der Waals surface area contributed by atoms with E-state index in [0.29, 0.717) is 35.6 Å². The number of nitrogens with zero attached hydrogens (tertiary/aromatic N) is 1. The SMILES string of the molecule is C=CC(=O)Nc1cc(C)ccc1-c1n[nH]c2c1CC[C@@](O)(c1c(Cl)c(OC)cc(OC)c1Cl)C2. The van der Waals surface area contributed by atoms with Crippen LogP contribution < -0.4 is 14.8 Å². The summed E-state index contributed by atoms with van der Waals surface area (Å²) in [5.41, 5.74) is 3.87. The predicted octanol–water partition coefficient (Wildman–Crippen LogP) is 5.21. The van der Waals surface area contributed by atoms with Gasteiger partial charge in [0.2, 0.25) is 5.91 Å². The van der Waals surface area contributed by atoms with Crippen molar-refractivity contribution in [2.75, 3.05) is 19.5 Å². The average molecular weight is 502 g/mol. The third-order valence-corrected chi connectivity index (χ3v) is 6.87. The molecule has 2 aromatic carbocycles. The van der Waals surface area contributed by atoms with E-state index in [0.717, 1.165) is 28.1 Å². The highest BCUT2D eigenvalue weighted by Gasteiger charge is 2.41. The first-order valence-electron chi connectivity index (χ1n) is 10.7. The van der Waals surface area contributed by atoms with Crippen molar-refractivity contribution in [1.29, 1.82) is 0 Å². The lowest BCUT2D eigenvalue weighted by Crippen LogP contribution is -2.34.